The van der Waals surface area contributed by atoms with Gasteiger partial charge in [-0.3, -0.25) is 0 Å². The van der Waals surface area contributed by atoms with E-state index in [2.05, 4.69) is 25.8 Å². The van der Waals surface area contributed by atoms with Crippen molar-refractivity contribution < 1.29 is 5.11 Å². The molecule has 106 valence electrons. The minimum Gasteiger partial charge on any atom is -0.387 e. The summed E-state index contributed by atoms with van der Waals surface area (Å²) in [6.07, 6.45) is 6.79. The van der Waals surface area contributed by atoms with Gasteiger partial charge in [-0.1, -0.05) is 38.0 Å². The van der Waals surface area contributed by atoms with E-state index in [4.69, 9.17) is 4.98 Å². The van der Waals surface area contributed by atoms with E-state index >= 15 is 0 Å². The minimum absolute atomic E-state index is 0.170. The quantitative estimate of drug-likeness (QED) is 0.900. The molecule has 3 rings (SSSR count). The zero-order chi connectivity index (χ0) is 13.6. The fourth-order valence-corrected chi connectivity index (χ4v) is 4.58. The molecule has 0 saturated heterocycles. The third-order valence-electron chi connectivity index (χ3n) is 4.58. The monoisotopic (exact) mass is 280 g/mol. The Morgan fingerprint density at radius 2 is 2.00 bits per heavy atom. The number of anilines is 1. The van der Waals surface area contributed by atoms with Crippen molar-refractivity contribution in [3.8, 4) is 0 Å². The molecule has 4 heteroatoms. The standard InChI is InChI=1S/C15H24N2OS/c1-15(2)8-11-13(12(18)9-15)19-14(16-11)17(3)10-6-4-5-7-10/h10,12,18H,4-9H2,1-3H3. The predicted octanol–water partition coefficient (Wildman–Crippen LogP) is 3.53. The first-order valence-corrected chi connectivity index (χ1v) is 8.18. The van der Waals surface area contributed by atoms with Crippen molar-refractivity contribution in [3.63, 3.8) is 0 Å². The summed E-state index contributed by atoms with van der Waals surface area (Å²) in [5, 5.41) is 11.4. The molecule has 3 nitrogen and oxygen atoms in total. The maximum absolute atomic E-state index is 10.3. The molecule has 1 aromatic rings. The molecular formula is C15H24N2OS. The van der Waals surface area contributed by atoms with Crippen LogP contribution in [-0.2, 0) is 6.42 Å². The molecule has 0 spiro atoms. The van der Waals surface area contributed by atoms with E-state index in [0.717, 1.165) is 28.5 Å². The number of hydrogen-bond acceptors (Lipinski definition) is 4. The van der Waals surface area contributed by atoms with Crippen molar-refractivity contribution >= 4 is 16.5 Å². The number of fused-ring (bicyclic) bond motifs is 1. The number of hydrogen-bond donors (Lipinski definition) is 1. The van der Waals surface area contributed by atoms with Gasteiger partial charge >= 0.3 is 0 Å². The molecule has 0 radical (unpaired) electrons. The number of aliphatic hydroxyl groups excluding tert-OH is 1. The van der Waals surface area contributed by atoms with E-state index in [1.165, 1.54) is 25.7 Å². The molecule has 0 aliphatic heterocycles. The zero-order valence-corrected chi connectivity index (χ0v) is 13.0. The average Bonchev–Trinajstić information content (AvgIpc) is 2.94. The van der Waals surface area contributed by atoms with Crippen LogP contribution in [0, 0.1) is 5.41 Å². The number of aromatic nitrogens is 1. The zero-order valence-electron chi connectivity index (χ0n) is 12.1. The Morgan fingerprint density at radius 3 is 2.68 bits per heavy atom. The SMILES string of the molecule is CN(c1nc2c(s1)C(O)CC(C)(C)C2)C1CCCC1. The van der Waals surface area contributed by atoms with Crippen molar-refractivity contribution in [2.24, 2.45) is 5.41 Å². The van der Waals surface area contributed by atoms with Crippen molar-refractivity contribution in [2.75, 3.05) is 11.9 Å². The van der Waals surface area contributed by atoms with Crippen LogP contribution in [0.4, 0.5) is 5.13 Å². The van der Waals surface area contributed by atoms with Gasteiger partial charge in [-0.25, -0.2) is 4.98 Å². The normalized spacial score (nSPS) is 26.4. The summed E-state index contributed by atoms with van der Waals surface area (Å²) in [5.74, 6) is 0. The molecule has 1 saturated carbocycles. The van der Waals surface area contributed by atoms with E-state index in [1.54, 1.807) is 11.3 Å². The second-order valence-corrected chi connectivity index (χ2v) is 7.93. The maximum Gasteiger partial charge on any atom is 0.185 e. The summed E-state index contributed by atoms with van der Waals surface area (Å²) in [5.41, 5.74) is 1.30. The van der Waals surface area contributed by atoms with Crippen LogP contribution in [0.3, 0.4) is 0 Å². The van der Waals surface area contributed by atoms with E-state index in [-0.39, 0.29) is 11.5 Å². The van der Waals surface area contributed by atoms with Crippen molar-refractivity contribution in [2.45, 2.75) is 64.5 Å². The maximum atomic E-state index is 10.3. The van der Waals surface area contributed by atoms with Crippen LogP contribution in [0.2, 0.25) is 0 Å². The first-order chi connectivity index (χ1) is 8.96. The Bertz CT molecular complexity index is 463. The minimum atomic E-state index is -0.318. The fourth-order valence-electron chi connectivity index (χ4n) is 3.48. The molecular weight excluding hydrogens is 256 g/mol. The topological polar surface area (TPSA) is 36.4 Å². The van der Waals surface area contributed by atoms with Crippen LogP contribution in [0.15, 0.2) is 0 Å². The molecule has 1 aromatic heterocycles. The van der Waals surface area contributed by atoms with Crippen LogP contribution in [0.25, 0.3) is 0 Å². The highest BCUT2D eigenvalue weighted by atomic mass is 32.1. The van der Waals surface area contributed by atoms with Gasteiger partial charge in [0.1, 0.15) is 0 Å². The number of aliphatic hydroxyl groups is 1. The van der Waals surface area contributed by atoms with E-state index in [9.17, 15) is 5.11 Å². The Kier molecular flexibility index (Phi) is 3.34. The molecule has 0 amide bonds. The molecule has 2 aliphatic rings. The predicted molar refractivity (Wildman–Crippen MR) is 79.8 cm³/mol. The Labute approximate surface area is 119 Å². The van der Waals surface area contributed by atoms with Crippen molar-refractivity contribution in [3.05, 3.63) is 10.6 Å². The van der Waals surface area contributed by atoms with Gasteiger partial charge in [-0.2, -0.15) is 0 Å². The summed E-state index contributed by atoms with van der Waals surface area (Å²) in [6.45, 7) is 4.44. The molecule has 19 heavy (non-hydrogen) atoms. The first kappa shape index (κ1) is 13.4. The summed E-state index contributed by atoms with van der Waals surface area (Å²) < 4.78 is 0. The van der Waals surface area contributed by atoms with Crippen LogP contribution < -0.4 is 4.90 Å². The summed E-state index contributed by atoms with van der Waals surface area (Å²) in [7, 11) is 2.16. The highest BCUT2D eigenvalue weighted by Crippen LogP contribution is 2.45. The second kappa shape index (κ2) is 4.74. The van der Waals surface area contributed by atoms with Gasteiger partial charge in [0.15, 0.2) is 5.13 Å². The van der Waals surface area contributed by atoms with Crippen LogP contribution in [0.1, 0.15) is 62.6 Å². The molecule has 2 aliphatic carbocycles. The van der Waals surface area contributed by atoms with Gasteiger partial charge in [0.05, 0.1) is 16.7 Å². The lowest BCUT2D eigenvalue weighted by atomic mass is 9.77. The molecule has 1 fully saturated rings. The number of rotatable bonds is 2. The third-order valence-corrected chi connectivity index (χ3v) is 5.87. The largest absolute Gasteiger partial charge is 0.387 e. The highest BCUT2D eigenvalue weighted by molar-refractivity contribution is 7.15. The molecule has 1 atom stereocenters. The Hall–Kier alpha value is -0.610. The Balaban J connectivity index is 1.85. The molecule has 1 unspecified atom stereocenters. The van der Waals surface area contributed by atoms with Gasteiger partial charge in [0.25, 0.3) is 0 Å². The summed E-state index contributed by atoms with van der Waals surface area (Å²) in [6, 6.07) is 0.651. The first-order valence-electron chi connectivity index (χ1n) is 7.37. The number of nitrogens with zero attached hydrogens (tertiary/aromatic N) is 2. The lowest BCUT2D eigenvalue weighted by molar-refractivity contribution is 0.102. The number of thiazole rings is 1. The van der Waals surface area contributed by atoms with Gasteiger partial charge in [-0.05, 0) is 31.1 Å². The van der Waals surface area contributed by atoms with Crippen LogP contribution in [0.5, 0.6) is 0 Å². The van der Waals surface area contributed by atoms with E-state index in [1.807, 2.05) is 0 Å². The highest BCUT2D eigenvalue weighted by Gasteiger charge is 2.35. The summed E-state index contributed by atoms with van der Waals surface area (Å²) in [4.78, 5) is 8.28. The van der Waals surface area contributed by atoms with Crippen molar-refractivity contribution in [1.29, 1.82) is 0 Å². The van der Waals surface area contributed by atoms with Crippen LogP contribution >= 0.6 is 11.3 Å². The van der Waals surface area contributed by atoms with E-state index < -0.39 is 0 Å². The molecule has 1 N–H and O–H groups in total. The lowest BCUT2D eigenvalue weighted by Crippen LogP contribution is -2.28. The average molecular weight is 280 g/mol. The fraction of sp³-hybridized carbons (Fsp3) is 0.800. The molecule has 0 bridgehead atoms. The lowest BCUT2D eigenvalue weighted by Gasteiger charge is -2.31. The smallest absolute Gasteiger partial charge is 0.185 e. The van der Waals surface area contributed by atoms with Gasteiger partial charge in [0, 0.05) is 13.1 Å². The second-order valence-electron chi connectivity index (χ2n) is 6.92. The third kappa shape index (κ3) is 2.52. The van der Waals surface area contributed by atoms with Gasteiger partial charge < -0.3 is 10.0 Å². The van der Waals surface area contributed by atoms with E-state index in [0.29, 0.717) is 6.04 Å². The Morgan fingerprint density at radius 1 is 1.32 bits per heavy atom. The molecule has 1 heterocycles. The van der Waals surface area contributed by atoms with Gasteiger partial charge in [-0.15, -0.1) is 0 Å². The van der Waals surface area contributed by atoms with Crippen molar-refractivity contribution in [1.82, 2.24) is 4.98 Å². The summed E-state index contributed by atoms with van der Waals surface area (Å²) >= 11 is 1.70. The van der Waals surface area contributed by atoms with Crippen LogP contribution in [-0.4, -0.2) is 23.2 Å². The van der Waals surface area contributed by atoms with Gasteiger partial charge in [0.2, 0.25) is 0 Å². The molecule has 0 aromatic carbocycles.